The van der Waals surface area contributed by atoms with Crippen LogP contribution in [0.4, 0.5) is 17.3 Å². The van der Waals surface area contributed by atoms with E-state index in [4.69, 9.17) is 4.74 Å². The number of pyridine rings is 1. The first-order chi connectivity index (χ1) is 10.1. The molecule has 0 aliphatic rings. The molecule has 0 fully saturated rings. The third-order valence-electron chi connectivity index (χ3n) is 3.00. The van der Waals surface area contributed by atoms with Crippen molar-refractivity contribution in [2.45, 2.75) is 27.2 Å². The lowest BCUT2D eigenvalue weighted by atomic mass is 10.3. The van der Waals surface area contributed by atoms with Crippen LogP contribution in [0.25, 0.3) is 0 Å². The van der Waals surface area contributed by atoms with E-state index in [-0.39, 0.29) is 5.69 Å². The lowest BCUT2D eigenvalue weighted by molar-refractivity contribution is -0.384. The van der Waals surface area contributed by atoms with Crippen molar-refractivity contribution in [1.82, 2.24) is 4.98 Å². The largest absolute Gasteiger partial charge is 0.380 e. The molecule has 0 aromatic carbocycles. The highest BCUT2D eigenvalue weighted by atomic mass is 16.6. The van der Waals surface area contributed by atoms with Crippen molar-refractivity contribution in [2.75, 3.05) is 43.1 Å². The van der Waals surface area contributed by atoms with E-state index < -0.39 is 4.92 Å². The molecule has 0 atom stereocenters. The second-order valence-corrected chi connectivity index (χ2v) is 4.50. The van der Waals surface area contributed by atoms with E-state index in [1.165, 1.54) is 6.07 Å². The van der Waals surface area contributed by atoms with Gasteiger partial charge in [-0.05, 0) is 26.3 Å². The minimum absolute atomic E-state index is 0.0235. The Morgan fingerprint density at radius 2 is 2.14 bits per heavy atom. The van der Waals surface area contributed by atoms with Gasteiger partial charge in [-0.3, -0.25) is 10.1 Å². The van der Waals surface area contributed by atoms with Crippen LogP contribution in [0.5, 0.6) is 0 Å². The summed E-state index contributed by atoms with van der Waals surface area (Å²) in [6.07, 6.45) is 0.968. The second kappa shape index (κ2) is 9.12. The van der Waals surface area contributed by atoms with E-state index in [0.29, 0.717) is 37.9 Å². The first kappa shape index (κ1) is 17.2. The van der Waals surface area contributed by atoms with Gasteiger partial charge in [0.15, 0.2) is 0 Å². The van der Waals surface area contributed by atoms with Gasteiger partial charge in [0.25, 0.3) is 0 Å². The van der Waals surface area contributed by atoms with Crippen LogP contribution in [0.1, 0.15) is 27.2 Å². The molecule has 0 saturated carbocycles. The predicted molar refractivity (Wildman–Crippen MR) is 84.1 cm³/mol. The number of hydrogen-bond acceptors (Lipinski definition) is 6. The summed E-state index contributed by atoms with van der Waals surface area (Å²) in [5, 5.41) is 14.3. The molecule has 7 heteroatoms. The van der Waals surface area contributed by atoms with E-state index in [2.05, 4.69) is 17.2 Å². The molecule has 0 aliphatic heterocycles. The molecule has 0 saturated heterocycles. The van der Waals surface area contributed by atoms with Gasteiger partial charge >= 0.3 is 5.69 Å². The smallest absolute Gasteiger partial charge is 0.311 e. The van der Waals surface area contributed by atoms with Crippen molar-refractivity contribution >= 4 is 17.3 Å². The minimum Gasteiger partial charge on any atom is -0.380 e. The molecule has 1 aromatic rings. The number of hydrogen-bond donors (Lipinski definition) is 1. The Morgan fingerprint density at radius 3 is 2.71 bits per heavy atom. The molecule has 1 heterocycles. The summed E-state index contributed by atoms with van der Waals surface area (Å²) in [5.41, 5.74) is 0.0235. The molecule has 7 nitrogen and oxygen atoms in total. The Bertz CT molecular complexity index is 454. The Balaban J connectivity index is 2.99. The molecule has 0 radical (unpaired) electrons. The van der Waals surface area contributed by atoms with Gasteiger partial charge in [0.1, 0.15) is 5.82 Å². The van der Waals surface area contributed by atoms with Gasteiger partial charge < -0.3 is 15.0 Å². The van der Waals surface area contributed by atoms with Crippen molar-refractivity contribution in [2.24, 2.45) is 0 Å². The fourth-order valence-corrected chi connectivity index (χ4v) is 1.90. The van der Waals surface area contributed by atoms with Crippen LogP contribution in [-0.4, -0.2) is 42.8 Å². The van der Waals surface area contributed by atoms with Gasteiger partial charge in [-0.15, -0.1) is 0 Å². The Kier molecular flexibility index (Phi) is 7.45. The third-order valence-corrected chi connectivity index (χ3v) is 3.00. The predicted octanol–water partition coefficient (Wildman–Crippen LogP) is 2.67. The zero-order valence-electron chi connectivity index (χ0n) is 13.0. The molecule has 0 unspecified atom stereocenters. The molecule has 0 aliphatic carbocycles. The summed E-state index contributed by atoms with van der Waals surface area (Å²) < 4.78 is 5.33. The number of aromatic nitrogens is 1. The monoisotopic (exact) mass is 296 g/mol. The van der Waals surface area contributed by atoms with Crippen LogP contribution < -0.4 is 10.2 Å². The van der Waals surface area contributed by atoms with E-state index in [1.807, 2.05) is 18.7 Å². The summed E-state index contributed by atoms with van der Waals surface area (Å²) in [6.45, 7) is 9.08. The maximum absolute atomic E-state index is 11.2. The molecule has 0 amide bonds. The maximum Gasteiger partial charge on any atom is 0.311 e. The average molecular weight is 296 g/mol. The third kappa shape index (κ3) is 5.18. The van der Waals surface area contributed by atoms with Gasteiger partial charge in [0, 0.05) is 32.3 Å². The highest BCUT2D eigenvalue weighted by molar-refractivity contribution is 5.61. The van der Waals surface area contributed by atoms with Crippen molar-refractivity contribution in [3.8, 4) is 0 Å². The number of nitrogens with one attached hydrogen (secondary N) is 1. The number of nitrogens with zero attached hydrogens (tertiary/aromatic N) is 3. The Hall–Kier alpha value is -1.89. The molecule has 1 N–H and O–H groups in total. The van der Waals surface area contributed by atoms with E-state index in [1.54, 1.807) is 6.07 Å². The molecule has 0 bridgehead atoms. The number of ether oxygens (including phenoxy) is 1. The number of nitro groups is 1. The van der Waals surface area contributed by atoms with Crippen LogP contribution in [0, 0.1) is 10.1 Å². The molecule has 0 spiro atoms. The summed E-state index contributed by atoms with van der Waals surface area (Å²) >= 11 is 0. The van der Waals surface area contributed by atoms with E-state index in [9.17, 15) is 10.1 Å². The van der Waals surface area contributed by atoms with E-state index >= 15 is 0 Å². The van der Waals surface area contributed by atoms with Crippen LogP contribution in [-0.2, 0) is 4.74 Å². The van der Waals surface area contributed by atoms with Gasteiger partial charge in [0.05, 0.1) is 11.5 Å². The molecular weight excluding hydrogens is 272 g/mol. The van der Waals surface area contributed by atoms with E-state index in [0.717, 1.165) is 13.0 Å². The van der Waals surface area contributed by atoms with Crippen LogP contribution >= 0.6 is 0 Å². The summed E-state index contributed by atoms with van der Waals surface area (Å²) in [5.74, 6) is 1.05. The van der Waals surface area contributed by atoms with Crippen molar-refractivity contribution in [3.05, 3.63) is 22.2 Å². The first-order valence-electron chi connectivity index (χ1n) is 7.35. The summed E-state index contributed by atoms with van der Waals surface area (Å²) in [6, 6.07) is 3.15. The number of anilines is 2. The van der Waals surface area contributed by atoms with Gasteiger partial charge in [0.2, 0.25) is 5.82 Å². The lowest BCUT2D eigenvalue weighted by Gasteiger charge is -2.22. The fraction of sp³-hybridized carbons (Fsp3) is 0.643. The standard InChI is InChI=1S/C14H24N4O3/c1-4-9-15-13-8-7-12(18(19)20)14(16-13)17(5-2)10-11-21-6-3/h7-8H,4-6,9-11H2,1-3H3,(H,15,16). The quantitative estimate of drug-likeness (QED) is 0.406. The molecule has 21 heavy (non-hydrogen) atoms. The highest BCUT2D eigenvalue weighted by Gasteiger charge is 2.20. The molecule has 1 aromatic heterocycles. The van der Waals surface area contributed by atoms with Crippen LogP contribution in [0.2, 0.25) is 0 Å². The van der Waals surface area contributed by atoms with Gasteiger partial charge in [-0.25, -0.2) is 4.98 Å². The summed E-state index contributed by atoms with van der Waals surface area (Å²) in [4.78, 5) is 17.1. The molecule has 1 rings (SSSR count). The molecular formula is C14H24N4O3. The second-order valence-electron chi connectivity index (χ2n) is 4.50. The minimum atomic E-state index is -0.394. The Morgan fingerprint density at radius 1 is 1.38 bits per heavy atom. The first-order valence-corrected chi connectivity index (χ1v) is 7.35. The van der Waals surface area contributed by atoms with Crippen LogP contribution in [0.3, 0.4) is 0 Å². The van der Waals surface area contributed by atoms with Gasteiger partial charge in [-0.1, -0.05) is 6.92 Å². The van der Waals surface area contributed by atoms with Crippen molar-refractivity contribution in [3.63, 3.8) is 0 Å². The number of rotatable bonds is 10. The highest BCUT2D eigenvalue weighted by Crippen LogP contribution is 2.27. The fourth-order valence-electron chi connectivity index (χ4n) is 1.90. The average Bonchev–Trinajstić information content (AvgIpc) is 2.49. The van der Waals surface area contributed by atoms with Crippen molar-refractivity contribution in [1.29, 1.82) is 0 Å². The maximum atomic E-state index is 11.2. The zero-order chi connectivity index (χ0) is 15.7. The van der Waals surface area contributed by atoms with Crippen molar-refractivity contribution < 1.29 is 9.66 Å². The Labute approximate surface area is 125 Å². The van der Waals surface area contributed by atoms with Gasteiger partial charge in [-0.2, -0.15) is 0 Å². The normalized spacial score (nSPS) is 10.4. The molecule has 118 valence electrons. The SMILES string of the molecule is CCCNc1ccc([N+](=O)[O-])c(N(CC)CCOCC)n1. The van der Waals surface area contributed by atoms with Crippen LogP contribution in [0.15, 0.2) is 12.1 Å². The topological polar surface area (TPSA) is 80.5 Å². The number of likely N-dealkylation sites (N-methyl/N-ethyl adjacent to an activating group) is 1. The summed E-state index contributed by atoms with van der Waals surface area (Å²) in [7, 11) is 0. The zero-order valence-corrected chi connectivity index (χ0v) is 13.0. The lowest BCUT2D eigenvalue weighted by Crippen LogP contribution is -2.29.